The average molecular weight is 266 g/mol. The van der Waals surface area contributed by atoms with Crippen LogP contribution in [0.3, 0.4) is 0 Å². The molecule has 0 aliphatic rings. The highest BCUT2D eigenvalue weighted by molar-refractivity contribution is 9.10. The largest absolute Gasteiger partial charge is 0.397 e. The third-order valence-electron chi connectivity index (χ3n) is 1.50. The lowest BCUT2D eigenvalue weighted by atomic mass is 10.2. The van der Waals surface area contributed by atoms with Crippen LogP contribution in [-0.2, 0) is 0 Å². The summed E-state index contributed by atoms with van der Waals surface area (Å²) in [6.45, 7) is 0. The number of nitrogens with zero attached hydrogens (tertiary/aromatic N) is 1. The summed E-state index contributed by atoms with van der Waals surface area (Å²) in [7, 11) is 1.60. The predicted molar refractivity (Wildman–Crippen MR) is 57.0 cm³/mol. The van der Waals surface area contributed by atoms with Crippen molar-refractivity contribution >= 4 is 39.4 Å². The predicted octanol–water partition coefficient (Wildman–Crippen LogP) is 2.87. The molecule has 5 heteroatoms. The number of anilines is 1. The first-order chi connectivity index (χ1) is 6.07. The molecular formula is C8H7BrClFN2. The van der Waals surface area contributed by atoms with Crippen LogP contribution in [-0.4, -0.2) is 13.3 Å². The van der Waals surface area contributed by atoms with Gasteiger partial charge in [0.1, 0.15) is 0 Å². The molecule has 0 atom stereocenters. The Labute approximate surface area is 88.7 Å². The maximum absolute atomic E-state index is 13.1. The van der Waals surface area contributed by atoms with E-state index in [2.05, 4.69) is 20.9 Å². The SMILES string of the molecule is CN=Cc1cc(Cl)c(F)c(Br)c1N. The van der Waals surface area contributed by atoms with Crippen molar-refractivity contribution < 1.29 is 4.39 Å². The Balaban J connectivity index is 3.40. The van der Waals surface area contributed by atoms with Crippen LogP contribution in [0.25, 0.3) is 0 Å². The fraction of sp³-hybridized carbons (Fsp3) is 0.125. The number of nitrogen functional groups attached to an aromatic ring is 1. The van der Waals surface area contributed by atoms with Gasteiger partial charge in [-0.05, 0) is 22.0 Å². The van der Waals surface area contributed by atoms with Gasteiger partial charge in [-0.25, -0.2) is 4.39 Å². The van der Waals surface area contributed by atoms with E-state index in [9.17, 15) is 4.39 Å². The minimum atomic E-state index is -0.549. The van der Waals surface area contributed by atoms with Crippen molar-refractivity contribution in [3.63, 3.8) is 0 Å². The highest BCUT2D eigenvalue weighted by atomic mass is 79.9. The minimum absolute atomic E-state index is 0.0241. The van der Waals surface area contributed by atoms with Crippen LogP contribution < -0.4 is 5.73 Å². The van der Waals surface area contributed by atoms with Gasteiger partial charge in [0.2, 0.25) is 0 Å². The lowest BCUT2D eigenvalue weighted by molar-refractivity contribution is 0.622. The molecule has 1 rings (SSSR count). The number of halogens is 3. The second-order valence-electron chi connectivity index (χ2n) is 2.38. The van der Waals surface area contributed by atoms with E-state index in [1.54, 1.807) is 7.05 Å². The van der Waals surface area contributed by atoms with Crippen LogP contribution in [0, 0.1) is 5.82 Å². The third kappa shape index (κ3) is 2.00. The Morgan fingerprint density at radius 3 is 2.85 bits per heavy atom. The number of nitrogens with two attached hydrogens (primary N) is 1. The Morgan fingerprint density at radius 1 is 1.69 bits per heavy atom. The average Bonchev–Trinajstić information content (AvgIpc) is 2.11. The fourth-order valence-electron chi connectivity index (χ4n) is 0.873. The van der Waals surface area contributed by atoms with Gasteiger partial charge < -0.3 is 5.73 Å². The van der Waals surface area contributed by atoms with Gasteiger partial charge in [0.15, 0.2) is 5.82 Å². The van der Waals surface area contributed by atoms with Gasteiger partial charge in [-0.3, -0.25) is 4.99 Å². The molecule has 0 spiro atoms. The molecule has 0 unspecified atom stereocenters. The molecule has 0 aliphatic carbocycles. The maximum atomic E-state index is 13.1. The molecule has 2 nitrogen and oxygen atoms in total. The Bertz CT molecular complexity index is 366. The van der Waals surface area contributed by atoms with Gasteiger partial charge in [0, 0.05) is 18.8 Å². The van der Waals surface area contributed by atoms with Crippen LogP contribution >= 0.6 is 27.5 Å². The van der Waals surface area contributed by atoms with Gasteiger partial charge in [0.05, 0.1) is 15.2 Å². The molecule has 0 aliphatic heterocycles. The highest BCUT2D eigenvalue weighted by Crippen LogP contribution is 2.31. The summed E-state index contributed by atoms with van der Waals surface area (Å²) in [5.74, 6) is -0.549. The smallest absolute Gasteiger partial charge is 0.158 e. The molecule has 0 aromatic heterocycles. The van der Waals surface area contributed by atoms with E-state index in [0.29, 0.717) is 11.3 Å². The van der Waals surface area contributed by atoms with Crippen molar-refractivity contribution in [3.8, 4) is 0 Å². The first-order valence-electron chi connectivity index (χ1n) is 3.43. The molecule has 1 aromatic carbocycles. The number of hydrogen-bond donors (Lipinski definition) is 1. The minimum Gasteiger partial charge on any atom is -0.397 e. The summed E-state index contributed by atoms with van der Waals surface area (Å²) in [5.41, 5.74) is 6.50. The number of rotatable bonds is 1. The molecule has 0 radical (unpaired) electrons. The molecule has 2 N–H and O–H groups in total. The molecule has 0 bridgehead atoms. The second-order valence-corrected chi connectivity index (χ2v) is 3.58. The zero-order valence-corrected chi connectivity index (χ0v) is 9.16. The van der Waals surface area contributed by atoms with Crippen molar-refractivity contribution in [2.75, 3.05) is 12.8 Å². The Hall–Kier alpha value is -0.610. The molecule has 1 aromatic rings. The monoisotopic (exact) mass is 264 g/mol. The summed E-state index contributed by atoms with van der Waals surface area (Å²) in [6, 6.07) is 1.43. The molecule has 0 amide bonds. The van der Waals surface area contributed by atoms with E-state index in [4.69, 9.17) is 17.3 Å². The Kier molecular flexibility index (Phi) is 3.27. The normalized spacial score (nSPS) is 11.1. The molecular weight excluding hydrogens is 258 g/mol. The quantitative estimate of drug-likeness (QED) is 0.473. The molecule has 0 fully saturated rings. The van der Waals surface area contributed by atoms with Crippen molar-refractivity contribution in [3.05, 3.63) is 26.9 Å². The summed E-state index contributed by atoms with van der Waals surface area (Å²) in [6.07, 6.45) is 1.52. The van der Waals surface area contributed by atoms with Gasteiger partial charge >= 0.3 is 0 Å². The van der Waals surface area contributed by atoms with Gasteiger partial charge in [-0.1, -0.05) is 11.6 Å². The van der Waals surface area contributed by atoms with Crippen molar-refractivity contribution in [1.29, 1.82) is 0 Å². The summed E-state index contributed by atoms with van der Waals surface area (Å²) >= 11 is 8.61. The molecule has 0 heterocycles. The van der Waals surface area contributed by atoms with E-state index in [1.165, 1.54) is 12.3 Å². The maximum Gasteiger partial charge on any atom is 0.158 e. The first-order valence-corrected chi connectivity index (χ1v) is 4.60. The van der Waals surface area contributed by atoms with Crippen LogP contribution in [0.15, 0.2) is 15.5 Å². The zero-order chi connectivity index (χ0) is 10.0. The van der Waals surface area contributed by atoms with Crippen LogP contribution in [0.5, 0.6) is 0 Å². The van der Waals surface area contributed by atoms with E-state index in [1.807, 2.05) is 0 Å². The first kappa shape index (κ1) is 10.5. The van der Waals surface area contributed by atoms with E-state index >= 15 is 0 Å². The molecule has 70 valence electrons. The van der Waals surface area contributed by atoms with Crippen molar-refractivity contribution in [2.24, 2.45) is 4.99 Å². The topological polar surface area (TPSA) is 38.4 Å². The summed E-state index contributed by atoms with van der Waals surface area (Å²) in [5, 5.41) is 0.0241. The second kappa shape index (κ2) is 4.07. The Morgan fingerprint density at radius 2 is 2.31 bits per heavy atom. The van der Waals surface area contributed by atoms with Crippen molar-refractivity contribution in [2.45, 2.75) is 0 Å². The van der Waals surface area contributed by atoms with E-state index < -0.39 is 5.82 Å². The van der Waals surface area contributed by atoms with Crippen LogP contribution in [0.4, 0.5) is 10.1 Å². The standard InChI is InChI=1S/C8H7BrClFN2/c1-13-3-4-2-5(10)7(11)6(9)8(4)12/h2-3H,12H2,1H3. The number of hydrogen-bond acceptors (Lipinski definition) is 2. The number of benzene rings is 1. The van der Waals surface area contributed by atoms with Gasteiger partial charge in [-0.2, -0.15) is 0 Å². The number of aliphatic imine (C=N–C) groups is 1. The molecule has 0 saturated heterocycles. The summed E-state index contributed by atoms with van der Waals surface area (Å²) in [4.78, 5) is 3.77. The fourth-order valence-corrected chi connectivity index (χ4v) is 1.64. The highest BCUT2D eigenvalue weighted by Gasteiger charge is 2.11. The summed E-state index contributed by atoms with van der Waals surface area (Å²) < 4.78 is 13.3. The zero-order valence-electron chi connectivity index (χ0n) is 6.81. The van der Waals surface area contributed by atoms with Gasteiger partial charge in [-0.15, -0.1) is 0 Å². The third-order valence-corrected chi connectivity index (χ3v) is 2.55. The van der Waals surface area contributed by atoms with E-state index in [-0.39, 0.29) is 9.50 Å². The van der Waals surface area contributed by atoms with Gasteiger partial charge in [0.25, 0.3) is 0 Å². The lowest BCUT2D eigenvalue weighted by Crippen LogP contribution is -1.97. The van der Waals surface area contributed by atoms with E-state index in [0.717, 1.165) is 0 Å². The van der Waals surface area contributed by atoms with Crippen LogP contribution in [0.1, 0.15) is 5.56 Å². The lowest BCUT2D eigenvalue weighted by Gasteiger charge is -2.05. The van der Waals surface area contributed by atoms with Crippen molar-refractivity contribution in [1.82, 2.24) is 0 Å². The molecule has 0 saturated carbocycles. The van der Waals surface area contributed by atoms with Crippen LogP contribution in [0.2, 0.25) is 5.02 Å². The molecule has 13 heavy (non-hydrogen) atoms.